The number of aliphatic hydroxyl groups is 2. The van der Waals surface area contributed by atoms with Gasteiger partial charge in [-0.15, -0.1) is 0 Å². The maximum atomic E-state index is 11.8. The maximum Gasteiger partial charge on any atom is 0.246 e. The minimum Gasteiger partial charge on any atom is -0.465 e. The summed E-state index contributed by atoms with van der Waals surface area (Å²) in [6.45, 7) is 1.64. The average molecular weight is 253 g/mol. The van der Waals surface area contributed by atoms with Crippen LogP contribution in [0.25, 0.3) is 6.08 Å². The Labute approximate surface area is 106 Å². The van der Waals surface area contributed by atoms with E-state index in [4.69, 9.17) is 14.6 Å². The first-order valence-corrected chi connectivity index (χ1v) is 5.69. The zero-order valence-corrected chi connectivity index (χ0v) is 10.7. The Morgan fingerprint density at radius 1 is 1.50 bits per heavy atom. The molecule has 1 rings (SSSR count). The molecule has 1 aromatic rings. The number of aliphatic hydroxyl groups excluding tert-OH is 2. The van der Waals surface area contributed by atoms with Gasteiger partial charge >= 0.3 is 0 Å². The van der Waals surface area contributed by atoms with Crippen molar-refractivity contribution >= 4 is 12.0 Å². The van der Waals surface area contributed by atoms with Gasteiger partial charge in [-0.1, -0.05) is 6.92 Å². The lowest BCUT2D eigenvalue weighted by molar-refractivity contribution is -0.126. The fourth-order valence-corrected chi connectivity index (χ4v) is 1.47. The summed E-state index contributed by atoms with van der Waals surface area (Å²) in [7, 11) is 1.62. The highest BCUT2D eigenvalue weighted by Crippen LogP contribution is 2.15. The molecular formula is C13H19NO4. The van der Waals surface area contributed by atoms with Gasteiger partial charge in [0.05, 0.1) is 19.5 Å². The third kappa shape index (κ3) is 4.01. The lowest BCUT2D eigenvalue weighted by Crippen LogP contribution is -2.41. The van der Waals surface area contributed by atoms with E-state index in [0.29, 0.717) is 5.76 Å². The predicted octanol–water partition coefficient (Wildman–Crippen LogP) is 0.742. The topological polar surface area (TPSA) is 73.9 Å². The second kappa shape index (κ2) is 6.37. The number of amides is 1. The van der Waals surface area contributed by atoms with Crippen molar-refractivity contribution in [2.75, 3.05) is 26.8 Å². The van der Waals surface area contributed by atoms with Crippen molar-refractivity contribution in [2.24, 2.45) is 5.41 Å². The maximum absolute atomic E-state index is 11.8. The summed E-state index contributed by atoms with van der Waals surface area (Å²) < 4.78 is 5.07. The van der Waals surface area contributed by atoms with Crippen molar-refractivity contribution in [2.45, 2.75) is 6.92 Å². The first kappa shape index (κ1) is 14.5. The Hall–Kier alpha value is -1.59. The molecular weight excluding hydrogens is 234 g/mol. The van der Waals surface area contributed by atoms with Crippen molar-refractivity contribution in [3.05, 3.63) is 30.2 Å². The van der Waals surface area contributed by atoms with E-state index in [0.717, 1.165) is 0 Å². The molecule has 0 radical (unpaired) electrons. The van der Waals surface area contributed by atoms with Crippen molar-refractivity contribution in [3.63, 3.8) is 0 Å². The summed E-state index contributed by atoms with van der Waals surface area (Å²) in [4.78, 5) is 13.2. The molecule has 0 aromatic carbocycles. The van der Waals surface area contributed by atoms with Gasteiger partial charge in [0.2, 0.25) is 5.91 Å². The van der Waals surface area contributed by atoms with Crippen molar-refractivity contribution in [1.29, 1.82) is 0 Å². The van der Waals surface area contributed by atoms with Gasteiger partial charge in [-0.05, 0) is 18.2 Å². The Bertz CT molecular complexity index is 393. The summed E-state index contributed by atoms with van der Waals surface area (Å²) >= 11 is 0. The van der Waals surface area contributed by atoms with Gasteiger partial charge in [-0.25, -0.2) is 0 Å². The first-order chi connectivity index (χ1) is 8.50. The van der Waals surface area contributed by atoms with Crippen LogP contribution in [0.5, 0.6) is 0 Å². The van der Waals surface area contributed by atoms with E-state index in [1.807, 2.05) is 0 Å². The summed E-state index contributed by atoms with van der Waals surface area (Å²) in [5.74, 6) is 0.392. The molecule has 1 amide bonds. The van der Waals surface area contributed by atoms with Gasteiger partial charge in [0.1, 0.15) is 5.76 Å². The fourth-order valence-electron chi connectivity index (χ4n) is 1.47. The largest absolute Gasteiger partial charge is 0.465 e. The van der Waals surface area contributed by atoms with Crippen LogP contribution in [0.4, 0.5) is 0 Å². The number of likely N-dealkylation sites (N-methyl/N-ethyl adjacent to an activating group) is 1. The molecule has 0 aliphatic carbocycles. The van der Waals surface area contributed by atoms with Crippen LogP contribution >= 0.6 is 0 Å². The molecule has 0 saturated heterocycles. The van der Waals surface area contributed by atoms with Gasteiger partial charge in [-0.2, -0.15) is 0 Å². The van der Waals surface area contributed by atoms with Crippen LogP contribution < -0.4 is 0 Å². The lowest BCUT2D eigenvalue weighted by Gasteiger charge is -2.29. The molecule has 0 atom stereocenters. The summed E-state index contributed by atoms with van der Waals surface area (Å²) in [5, 5.41) is 18.3. The van der Waals surface area contributed by atoms with Crippen LogP contribution in [0.1, 0.15) is 12.7 Å². The second-order valence-corrected chi connectivity index (χ2v) is 4.67. The molecule has 0 bridgehead atoms. The van der Waals surface area contributed by atoms with E-state index in [1.165, 1.54) is 17.2 Å². The molecule has 0 unspecified atom stereocenters. The van der Waals surface area contributed by atoms with Gasteiger partial charge in [0.15, 0.2) is 0 Å². The molecule has 2 N–H and O–H groups in total. The van der Waals surface area contributed by atoms with E-state index >= 15 is 0 Å². The fraction of sp³-hybridized carbons (Fsp3) is 0.462. The molecule has 5 nitrogen and oxygen atoms in total. The number of hydrogen-bond acceptors (Lipinski definition) is 4. The predicted molar refractivity (Wildman–Crippen MR) is 67.7 cm³/mol. The standard InChI is InChI=1S/C13H19NO4/c1-13(9-15,10-16)8-14(2)12(17)6-5-11-4-3-7-18-11/h3-7,15-16H,8-10H2,1-2H3/b6-5+. The summed E-state index contributed by atoms with van der Waals surface area (Å²) in [6.07, 6.45) is 4.50. The highest BCUT2D eigenvalue weighted by atomic mass is 16.3. The number of rotatable bonds is 6. The molecule has 0 saturated carbocycles. The second-order valence-electron chi connectivity index (χ2n) is 4.67. The molecule has 5 heteroatoms. The molecule has 18 heavy (non-hydrogen) atoms. The van der Waals surface area contributed by atoms with Crippen LogP contribution in [0, 0.1) is 5.41 Å². The Morgan fingerprint density at radius 3 is 2.67 bits per heavy atom. The number of furan rings is 1. The molecule has 1 heterocycles. The summed E-state index contributed by atoms with van der Waals surface area (Å²) in [5.41, 5.74) is -0.692. The van der Waals surface area contributed by atoms with Crippen LogP contribution in [-0.2, 0) is 4.79 Å². The smallest absolute Gasteiger partial charge is 0.246 e. The molecule has 0 aliphatic heterocycles. The number of nitrogens with zero attached hydrogens (tertiary/aromatic N) is 1. The summed E-state index contributed by atoms with van der Waals surface area (Å²) in [6, 6.07) is 3.48. The lowest BCUT2D eigenvalue weighted by atomic mass is 9.92. The van der Waals surface area contributed by atoms with E-state index in [2.05, 4.69) is 0 Å². The zero-order valence-electron chi connectivity index (χ0n) is 10.7. The molecule has 1 aromatic heterocycles. The average Bonchev–Trinajstić information content (AvgIpc) is 2.88. The molecule has 0 aliphatic rings. The highest BCUT2D eigenvalue weighted by molar-refractivity contribution is 5.91. The van der Waals surface area contributed by atoms with Gasteiger partial charge in [0, 0.05) is 25.1 Å². The third-order valence-corrected chi connectivity index (χ3v) is 2.69. The Balaban J connectivity index is 2.56. The number of hydrogen-bond donors (Lipinski definition) is 2. The SMILES string of the molecule is CN(CC(C)(CO)CO)C(=O)/C=C/c1ccco1. The first-order valence-electron chi connectivity index (χ1n) is 5.69. The van der Waals surface area contributed by atoms with E-state index in [-0.39, 0.29) is 25.7 Å². The minimum absolute atomic E-state index is 0.178. The minimum atomic E-state index is -0.692. The van der Waals surface area contributed by atoms with Gasteiger partial charge in [0.25, 0.3) is 0 Å². The quantitative estimate of drug-likeness (QED) is 0.733. The van der Waals surface area contributed by atoms with Crippen LogP contribution in [0.15, 0.2) is 28.9 Å². The Kier molecular flexibility index (Phi) is 5.12. The van der Waals surface area contributed by atoms with Crippen LogP contribution in [-0.4, -0.2) is 47.8 Å². The van der Waals surface area contributed by atoms with Crippen LogP contribution in [0.3, 0.4) is 0 Å². The molecule has 100 valence electrons. The number of carbonyl (C=O) groups is 1. The monoisotopic (exact) mass is 253 g/mol. The van der Waals surface area contributed by atoms with E-state index in [9.17, 15) is 4.79 Å². The van der Waals surface area contributed by atoms with E-state index < -0.39 is 5.41 Å². The van der Waals surface area contributed by atoms with Crippen molar-refractivity contribution in [3.8, 4) is 0 Å². The molecule has 0 fully saturated rings. The molecule has 0 spiro atoms. The Morgan fingerprint density at radius 2 is 2.17 bits per heavy atom. The number of carbonyl (C=O) groups excluding carboxylic acids is 1. The van der Waals surface area contributed by atoms with E-state index in [1.54, 1.807) is 32.2 Å². The zero-order chi connectivity index (χ0) is 13.6. The van der Waals surface area contributed by atoms with Crippen molar-refractivity contribution < 1.29 is 19.4 Å². The highest BCUT2D eigenvalue weighted by Gasteiger charge is 2.25. The van der Waals surface area contributed by atoms with Crippen molar-refractivity contribution in [1.82, 2.24) is 4.90 Å². The van der Waals surface area contributed by atoms with Gasteiger partial charge in [-0.3, -0.25) is 4.79 Å². The van der Waals surface area contributed by atoms with Crippen LogP contribution in [0.2, 0.25) is 0 Å². The third-order valence-electron chi connectivity index (χ3n) is 2.69. The normalized spacial score (nSPS) is 12.0. The van der Waals surface area contributed by atoms with Gasteiger partial charge < -0.3 is 19.5 Å².